The highest BCUT2D eigenvalue weighted by atomic mass is 35.5. The molecule has 1 saturated carbocycles. The normalized spacial score (nSPS) is 18.4. The minimum Gasteiger partial charge on any atom is -0.480 e. The van der Waals surface area contributed by atoms with Gasteiger partial charge in [-0.2, -0.15) is 4.72 Å². The average molecular weight is 304 g/mol. The first kappa shape index (κ1) is 14.3. The van der Waals surface area contributed by atoms with Crippen LogP contribution in [0.2, 0.25) is 5.02 Å². The van der Waals surface area contributed by atoms with Crippen LogP contribution in [-0.2, 0) is 14.8 Å². The highest BCUT2D eigenvalue weighted by molar-refractivity contribution is 7.89. The van der Waals surface area contributed by atoms with Gasteiger partial charge in [-0.3, -0.25) is 4.79 Å². The van der Waals surface area contributed by atoms with Crippen molar-refractivity contribution >= 4 is 27.6 Å². The standard InChI is InChI=1S/C12H14ClNO4S/c13-9-4-3-5-10(8-9)19(17,18)14-12(11(15)16)6-1-2-7-12/h3-5,8,14H,1-2,6-7H2,(H,15,16). The lowest BCUT2D eigenvalue weighted by molar-refractivity contribution is -0.143. The minimum absolute atomic E-state index is 0.0208. The van der Waals surface area contributed by atoms with Crippen LogP contribution in [0.4, 0.5) is 0 Å². The zero-order chi connectivity index (χ0) is 14.1. The third kappa shape index (κ3) is 2.91. The molecule has 0 bridgehead atoms. The molecule has 0 aliphatic heterocycles. The fourth-order valence-corrected chi connectivity index (χ4v) is 4.01. The predicted molar refractivity (Wildman–Crippen MR) is 70.6 cm³/mol. The number of halogens is 1. The van der Waals surface area contributed by atoms with Crippen LogP contribution in [0.5, 0.6) is 0 Å². The van der Waals surface area contributed by atoms with Crippen molar-refractivity contribution in [1.29, 1.82) is 0 Å². The quantitative estimate of drug-likeness (QED) is 0.891. The van der Waals surface area contributed by atoms with E-state index >= 15 is 0 Å². The van der Waals surface area contributed by atoms with Crippen molar-refractivity contribution in [1.82, 2.24) is 4.72 Å². The average Bonchev–Trinajstić information content (AvgIpc) is 2.78. The highest BCUT2D eigenvalue weighted by Crippen LogP contribution is 2.31. The molecule has 2 N–H and O–H groups in total. The van der Waals surface area contributed by atoms with Crippen LogP contribution in [0.1, 0.15) is 25.7 Å². The zero-order valence-electron chi connectivity index (χ0n) is 10.1. The molecule has 1 aromatic rings. The first-order chi connectivity index (χ1) is 8.86. The van der Waals surface area contributed by atoms with Gasteiger partial charge in [-0.25, -0.2) is 8.42 Å². The maximum absolute atomic E-state index is 12.2. The van der Waals surface area contributed by atoms with Crippen LogP contribution in [0.25, 0.3) is 0 Å². The number of aliphatic carboxylic acids is 1. The fraction of sp³-hybridized carbons (Fsp3) is 0.417. The van der Waals surface area contributed by atoms with Gasteiger partial charge in [0.25, 0.3) is 0 Å². The van der Waals surface area contributed by atoms with Gasteiger partial charge in [-0.15, -0.1) is 0 Å². The van der Waals surface area contributed by atoms with Gasteiger partial charge < -0.3 is 5.11 Å². The first-order valence-corrected chi connectivity index (χ1v) is 7.75. The number of rotatable bonds is 4. The molecule has 2 rings (SSSR count). The van der Waals surface area contributed by atoms with Gasteiger partial charge in [0, 0.05) is 5.02 Å². The Morgan fingerprint density at radius 1 is 1.32 bits per heavy atom. The Morgan fingerprint density at radius 2 is 1.95 bits per heavy atom. The molecular weight excluding hydrogens is 290 g/mol. The van der Waals surface area contributed by atoms with E-state index in [0.29, 0.717) is 30.7 Å². The third-order valence-corrected chi connectivity index (χ3v) is 5.07. The number of sulfonamides is 1. The van der Waals surface area contributed by atoms with E-state index in [9.17, 15) is 18.3 Å². The van der Waals surface area contributed by atoms with E-state index < -0.39 is 21.5 Å². The molecule has 0 amide bonds. The summed E-state index contributed by atoms with van der Waals surface area (Å²) < 4.78 is 26.8. The Morgan fingerprint density at radius 3 is 2.47 bits per heavy atom. The molecule has 1 aliphatic rings. The van der Waals surface area contributed by atoms with Gasteiger partial charge in [0.05, 0.1) is 4.90 Å². The molecule has 19 heavy (non-hydrogen) atoms. The van der Waals surface area contributed by atoms with Crippen LogP contribution in [0, 0.1) is 0 Å². The van der Waals surface area contributed by atoms with Crippen molar-refractivity contribution in [2.24, 2.45) is 0 Å². The number of carbonyl (C=O) groups is 1. The number of carboxylic acids is 1. The second kappa shape index (κ2) is 5.11. The topological polar surface area (TPSA) is 83.5 Å². The van der Waals surface area contributed by atoms with Gasteiger partial charge >= 0.3 is 5.97 Å². The summed E-state index contributed by atoms with van der Waals surface area (Å²) in [5, 5.41) is 9.57. The Hall–Kier alpha value is -1.11. The fourth-order valence-electron chi connectivity index (χ4n) is 2.29. The van der Waals surface area contributed by atoms with Gasteiger partial charge in [-0.1, -0.05) is 30.5 Å². The number of carboxylic acid groups (broad SMARTS) is 1. The summed E-state index contributed by atoms with van der Waals surface area (Å²) in [6.07, 6.45) is 2.01. The van der Waals surface area contributed by atoms with E-state index in [-0.39, 0.29) is 4.90 Å². The van der Waals surface area contributed by atoms with E-state index in [4.69, 9.17) is 11.6 Å². The first-order valence-electron chi connectivity index (χ1n) is 5.89. The number of hydrogen-bond acceptors (Lipinski definition) is 3. The van der Waals surface area contributed by atoms with Crippen LogP contribution in [-0.4, -0.2) is 25.0 Å². The Labute approximate surface area is 116 Å². The molecular formula is C12H14ClNO4S. The van der Waals surface area contributed by atoms with E-state index in [1.807, 2.05) is 0 Å². The second-order valence-corrected chi connectivity index (χ2v) is 6.78. The molecule has 7 heteroatoms. The Kier molecular flexibility index (Phi) is 3.85. The number of benzene rings is 1. The van der Waals surface area contributed by atoms with Gasteiger partial charge in [0.1, 0.15) is 5.54 Å². The van der Waals surface area contributed by atoms with Crippen LogP contribution < -0.4 is 4.72 Å². The minimum atomic E-state index is -3.88. The maximum Gasteiger partial charge on any atom is 0.324 e. The maximum atomic E-state index is 12.2. The van der Waals surface area contributed by atoms with E-state index in [1.54, 1.807) is 6.07 Å². The van der Waals surface area contributed by atoms with Crippen molar-refractivity contribution in [2.75, 3.05) is 0 Å². The summed E-state index contributed by atoms with van der Waals surface area (Å²) in [5.41, 5.74) is -1.39. The van der Waals surface area contributed by atoms with E-state index in [0.717, 1.165) is 0 Å². The molecule has 104 valence electrons. The van der Waals surface area contributed by atoms with Crippen LogP contribution >= 0.6 is 11.6 Å². The lowest BCUT2D eigenvalue weighted by Gasteiger charge is -2.25. The molecule has 5 nitrogen and oxygen atoms in total. The SMILES string of the molecule is O=C(O)C1(NS(=O)(=O)c2cccc(Cl)c2)CCCC1. The number of hydrogen-bond donors (Lipinski definition) is 2. The molecule has 0 heterocycles. The van der Waals surface area contributed by atoms with E-state index in [1.165, 1.54) is 18.2 Å². The smallest absolute Gasteiger partial charge is 0.324 e. The lowest BCUT2D eigenvalue weighted by atomic mass is 10.0. The molecule has 0 atom stereocenters. The van der Waals surface area contributed by atoms with Crippen molar-refractivity contribution < 1.29 is 18.3 Å². The van der Waals surface area contributed by atoms with Crippen molar-refractivity contribution in [3.05, 3.63) is 29.3 Å². The molecule has 1 fully saturated rings. The summed E-state index contributed by atoms with van der Waals surface area (Å²) in [4.78, 5) is 11.3. The largest absolute Gasteiger partial charge is 0.480 e. The Balaban J connectivity index is 2.33. The third-order valence-electron chi connectivity index (χ3n) is 3.30. The summed E-state index contributed by atoms with van der Waals surface area (Å²) in [5.74, 6) is -1.13. The molecule has 1 aliphatic carbocycles. The highest BCUT2D eigenvalue weighted by Gasteiger charge is 2.44. The summed E-state index contributed by atoms with van der Waals surface area (Å²) in [7, 11) is -3.88. The van der Waals surface area contributed by atoms with Gasteiger partial charge in [0.15, 0.2) is 0 Å². The predicted octanol–water partition coefficient (Wildman–Crippen LogP) is 2.02. The Bertz CT molecular complexity index is 594. The molecule has 0 radical (unpaired) electrons. The number of nitrogens with one attached hydrogen (secondary N) is 1. The van der Waals surface area contributed by atoms with Crippen LogP contribution in [0.15, 0.2) is 29.2 Å². The van der Waals surface area contributed by atoms with Gasteiger partial charge in [-0.05, 0) is 31.0 Å². The van der Waals surface area contributed by atoms with Crippen LogP contribution in [0.3, 0.4) is 0 Å². The van der Waals surface area contributed by atoms with E-state index in [2.05, 4.69) is 4.72 Å². The van der Waals surface area contributed by atoms with Crippen molar-refractivity contribution in [3.63, 3.8) is 0 Å². The monoisotopic (exact) mass is 303 g/mol. The van der Waals surface area contributed by atoms with Crippen molar-refractivity contribution in [3.8, 4) is 0 Å². The molecule has 1 aromatic carbocycles. The molecule has 0 saturated heterocycles. The molecule has 0 aromatic heterocycles. The van der Waals surface area contributed by atoms with Gasteiger partial charge in [0.2, 0.25) is 10.0 Å². The second-order valence-electron chi connectivity index (χ2n) is 4.66. The molecule has 0 spiro atoms. The summed E-state index contributed by atoms with van der Waals surface area (Å²) in [6.45, 7) is 0. The molecule has 0 unspecified atom stereocenters. The van der Waals surface area contributed by atoms with Crippen molar-refractivity contribution in [2.45, 2.75) is 36.1 Å². The zero-order valence-corrected chi connectivity index (χ0v) is 11.7. The lowest BCUT2D eigenvalue weighted by Crippen LogP contribution is -2.52. The summed E-state index contributed by atoms with van der Waals surface area (Å²) in [6, 6.07) is 5.76. The summed E-state index contributed by atoms with van der Waals surface area (Å²) >= 11 is 5.76.